The van der Waals surface area contributed by atoms with Crippen LogP contribution in [0, 0.1) is 6.92 Å². The highest BCUT2D eigenvalue weighted by molar-refractivity contribution is 5.46. The summed E-state index contributed by atoms with van der Waals surface area (Å²) in [6, 6.07) is 2.39. The van der Waals surface area contributed by atoms with Gasteiger partial charge in [-0.15, -0.1) is 0 Å². The van der Waals surface area contributed by atoms with E-state index in [9.17, 15) is 0 Å². The number of nitrogens with zero attached hydrogens (tertiary/aromatic N) is 3. The van der Waals surface area contributed by atoms with Gasteiger partial charge in [-0.3, -0.25) is 0 Å². The van der Waals surface area contributed by atoms with Crippen LogP contribution in [0.5, 0.6) is 0 Å². The summed E-state index contributed by atoms with van der Waals surface area (Å²) in [4.78, 5) is 9.02. The van der Waals surface area contributed by atoms with E-state index in [1.807, 2.05) is 13.1 Å². The maximum absolute atomic E-state index is 5.82. The molecule has 1 rings (SSSR count). The Labute approximate surface area is 117 Å². The van der Waals surface area contributed by atoms with E-state index >= 15 is 0 Å². The molecule has 4 heteroatoms. The van der Waals surface area contributed by atoms with Gasteiger partial charge in [0.1, 0.15) is 5.82 Å². The molecule has 4 nitrogen and oxygen atoms in total. The summed E-state index contributed by atoms with van der Waals surface area (Å²) in [5, 5.41) is 0. The number of aryl methyl sites for hydroxylation is 1. The predicted molar refractivity (Wildman–Crippen MR) is 82.8 cm³/mol. The molecule has 0 fully saturated rings. The number of nitrogens with two attached hydrogens (primary N) is 1. The van der Waals surface area contributed by atoms with Gasteiger partial charge in [0.25, 0.3) is 0 Å². The molecule has 0 amide bonds. The van der Waals surface area contributed by atoms with Crippen LogP contribution in [0.3, 0.4) is 0 Å². The van der Waals surface area contributed by atoms with Gasteiger partial charge >= 0.3 is 0 Å². The monoisotopic (exact) mass is 264 g/mol. The van der Waals surface area contributed by atoms with Crippen molar-refractivity contribution in [3.05, 3.63) is 23.4 Å². The average Bonchev–Trinajstić information content (AvgIpc) is 2.27. The molecule has 0 bridgehead atoms. The first kappa shape index (κ1) is 15.9. The lowest BCUT2D eigenvalue weighted by molar-refractivity contribution is 0.401. The van der Waals surface area contributed by atoms with Gasteiger partial charge in [0.05, 0.1) is 0 Å². The standard InChI is InChI=1S/C15H28N4/c1-12-9-14(10-13(2)16)11-17-15(12)19(5)8-6-7-18(3)4/h9,11,13H,6-8,10,16H2,1-5H3. The predicted octanol–water partition coefficient (Wildman–Crippen LogP) is 1.67. The second-order valence-electron chi connectivity index (χ2n) is 5.74. The van der Waals surface area contributed by atoms with E-state index < -0.39 is 0 Å². The highest BCUT2D eigenvalue weighted by Gasteiger charge is 2.08. The van der Waals surface area contributed by atoms with E-state index in [0.29, 0.717) is 0 Å². The number of hydrogen-bond donors (Lipinski definition) is 1. The number of aromatic nitrogens is 1. The van der Waals surface area contributed by atoms with Crippen molar-refractivity contribution >= 4 is 5.82 Å². The minimum absolute atomic E-state index is 0.185. The highest BCUT2D eigenvalue weighted by Crippen LogP contribution is 2.17. The van der Waals surface area contributed by atoms with Crippen molar-refractivity contribution < 1.29 is 0 Å². The number of hydrogen-bond acceptors (Lipinski definition) is 4. The lowest BCUT2D eigenvalue weighted by Crippen LogP contribution is -2.25. The fraction of sp³-hybridized carbons (Fsp3) is 0.667. The number of anilines is 1. The molecule has 0 aliphatic carbocycles. The van der Waals surface area contributed by atoms with Crippen molar-refractivity contribution in [2.45, 2.75) is 32.7 Å². The first-order valence-electron chi connectivity index (χ1n) is 6.97. The van der Waals surface area contributed by atoms with Crippen LogP contribution in [0.2, 0.25) is 0 Å². The summed E-state index contributed by atoms with van der Waals surface area (Å²) in [6.45, 7) is 6.27. The van der Waals surface area contributed by atoms with Crippen LogP contribution in [0.25, 0.3) is 0 Å². The van der Waals surface area contributed by atoms with Crippen molar-refractivity contribution in [1.82, 2.24) is 9.88 Å². The first-order chi connectivity index (χ1) is 8.90. The lowest BCUT2D eigenvalue weighted by Gasteiger charge is -2.21. The Morgan fingerprint density at radius 1 is 1.26 bits per heavy atom. The minimum Gasteiger partial charge on any atom is -0.359 e. The molecule has 0 spiro atoms. The Morgan fingerprint density at radius 2 is 1.95 bits per heavy atom. The van der Waals surface area contributed by atoms with Gasteiger partial charge in [0, 0.05) is 25.8 Å². The molecule has 0 radical (unpaired) electrons. The fourth-order valence-corrected chi connectivity index (χ4v) is 2.24. The third-order valence-corrected chi connectivity index (χ3v) is 3.13. The van der Waals surface area contributed by atoms with Crippen molar-refractivity contribution in [1.29, 1.82) is 0 Å². The van der Waals surface area contributed by atoms with Crippen molar-refractivity contribution in [3.63, 3.8) is 0 Å². The Balaban J connectivity index is 2.62. The van der Waals surface area contributed by atoms with Crippen LogP contribution >= 0.6 is 0 Å². The second kappa shape index (κ2) is 7.46. The molecular formula is C15H28N4. The molecule has 19 heavy (non-hydrogen) atoms. The molecule has 2 N–H and O–H groups in total. The Morgan fingerprint density at radius 3 is 2.47 bits per heavy atom. The van der Waals surface area contributed by atoms with Gasteiger partial charge in [-0.25, -0.2) is 4.98 Å². The van der Waals surface area contributed by atoms with E-state index in [1.54, 1.807) is 0 Å². The van der Waals surface area contributed by atoms with Gasteiger partial charge in [0.15, 0.2) is 0 Å². The largest absolute Gasteiger partial charge is 0.359 e. The summed E-state index contributed by atoms with van der Waals surface area (Å²) in [5.74, 6) is 1.08. The van der Waals surface area contributed by atoms with E-state index in [2.05, 4.69) is 48.9 Å². The zero-order valence-electron chi connectivity index (χ0n) is 13.0. The topological polar surface area (TPSA) is 45.4 Å². The normalized spacial score (nSPS) is 12.8. The van der Waals surface area contributed by atoms with Crippen LogP contribution in [-0.4, -0.2) is 50.2 Å². The molecule has 1 unspecified atom stereocenters. The molecule has 1 heterocycles. The van der Waals surface area contributed by atoms with Gasteiger partial charge < -0.3 is 15.5 Å². The zero-order valence-corrected chi connectivity index (χ0v) is 13.0. The third kappa shape index (κ3) is 5.57. The first-order valence-corrected chi connectivity index (χ1v) is 6.97. The van der Waals surface area contributed by atoms with Gasteiger partial charge in [0.2, 0.25) is 0 Å². The third-order valence-electron chi connectivity index (χ3n) is 3.13. The molecule has 1 atom stereocenters. The summed E-state index contributed by atoms with van der Waals surface area (Å²) in [7, 11) is 6.31. The molecule has 0 aromatic carbocycles. The van der Waals surface area contributed by atoms with Crippen LogP contribution < -0.4 is 10.6 Å². The Hall–Kier alpha value is -1.13. The van der Waals surface area contributed by atoms with E-state index in [4.69, 9.17) is 5.73 Å². The number of rotatable bonds is 7. The maximum atomic E-state index is 5.82. The smallest absolute Gasteiger partial charge is 0.131 e. The van der Waals surface area contributed by atoms with Gasteiger partial charge in [-0.05, 0) is 58.5 Å². The molecular weight excluding hydrogens is 236 g/mol. The van der Waals surface area contributed by atoms with E-state index in [1.165, 1.54) is 11.1 Å². The Kier molecular flexibility index (Phi) is 6.25. The average molecular weight is 264 g/mol. The summed E-state index contributed by atoms with van der Waals surface area (Å²) in [5.41, 5.74) is 8.27. The van der Waals surface area contributed by atoms with E-state index in [0.717, 1.165) is 31.7 Å². The molecule has 1 aromatic rings. The zero-order chi connectivity index (χ0) is 14.4. The van der Waals surface area contributed by atoms with Crippen LogP contribution in [0.4, 0.5) is 5.82 Å². The fourth-order valence-electron chi connectivity index (χ4n) is 2.24. The molecule has 0 saturated carbocycles. The minimum atomic E-state index is 0.185. The molecule has 0 aliphatic heterocycles. The molecule has 1 aromatic heterocycles. The molecule has 0 saturated heterocycles. The Bertz CT molecular complexity index is 388. The summed E-state index contributed by atoms with van der Waals surface area (Å²) < 4.78 is 0. The van der Waals surface area contributed by atoms with Crippen LogP contribution in [-0.2, 0) is 6.42 Å². The van der Waals surface area contributed by atoms with Crippen LogP contribution in [0.1, 0.15) is 24.5 Å². The van der Waals surface area contributed by atoms with Crippen molar-refractivity contribution in [2.24, 2.45) is 5.73 Å². The van der Waals surface area contributed by atoms with Gasteiger partial charge in [-0.1, -0.05) is 6.07 Å². The summed E-state index contributed by atoms with van der Waals surface area (Å²) in [6.07, 6.45) is 3.98. The molecule has 0 aliphatic rings. The highest BCUT2D eigenvalue weighted by atomic mass is 15.2. The SMILES string of the molecule is Cc1cc(CC(C)N)cnc1N(C)CCCN(C)C. The van der Waals surface area contributed by atoms with Crippen molar-refractivity contribution in [2.75, 3.05) is 39.1 Å². The second-order valence-corrected chi connectivity index (χ2v) is 5.74. The van der Waals surface area contributed by atoms with E-state index in [-0.39, 0.29) is 6.04 Å². The number of pyridine rings is 1. The van der Waals surface area contributed by atoms with Gasteiger partial charge in [-0.2, -0.15) is 0 Å². The maximum Gasteiger partial charge on any atom is 0.131 e. The molecule has 108 valence electrons. The van der Waals surface area contributed by atoms with Crippen molar-refractivity contribution in [3.8, 4) is 0 Å². The quantitative estimate of drug-likeness (QED) is 0.813. The lowest BCUT2D eigenvalue weighted by atomic mass is 10.1. The van der Waals surface area contributed by atoms with Crippen LogP contribution in [0.15, 0.2) is 12.3 Å². The summed E-state index contributed by atoms with van der Waals surface area (Å²) >= 11 is 0.